The van der Waals surface area contributed by atoms with Crippen LogP contribution >= 0.6 is 22.7 Å². The molecule has 0 fully saturated rings. The van der Waals surface area contributed by atoms with Gasteiger partial charge in [-0.2, -0.15) is 0 Å². The fourth-order valence-electron chi connectivity index (χ4n) is 3.11. The van der Waals surface area contributed by atoms with E-state index in [4.69, 9.17) is 14.0 Å². The van der Waals surface area contributed by atoms with Gasteiger partial charge in [0.15, 0.2) is 11.5 Å². The van der Waals surface area contributed by atoms with Gasteiger partial charge >= 0.3 is 11.9 Å². The monoisotopic (exact) mass is 574 g/mol. The first-order valence-corrected chi connectivity index (χ1v) is 12.7. The molecule has 0 saturated heterocycles. The standard InChI is InChI=1S/2C12H11F2NO3S/c1-3-17-12(16)8-5-4-7(19-8)10-6(2)9(11(13)14)15-18-10;1-3-17-12(16)8-5-4-7(19-8)9-6(2)10(11(13)14)18-15-9/h2*4-5,11H,3H2,1-2H3. The largest absolute Gasteiger partial charge is 0.462 e. The first-order chi connectivity index (χ1) is 18.1. The van der Waals surface area contributed by atoms with E-state index >= 15 is 0 Å². The molecule has 0 saturated carbocycles. The molecule has 4 rings (SSSR count). The molecule has 4 aromatic heterocycles. The fraction of sp³-hybridized carbons (Fsp3) is 0.333. The van der Waals surface area contributed by atoms with E-state index in [9.17, 15) is 27.2 Å². The molecule has 0 amide bonds. The van der Waals surface area contributed by atoms with Gasteiger partial charge in [-0.05, 0) is 52.0 Å². The highest BCUT2D eigenvalue weighted by atomic mass is 32.1. The molecule has 8 nitrogen and oxygen atoms in total. The molecule has 0 spiro atoms. The molecule has 0 N–H and O–H groups in total. The molecule has 4 aromatic rings. The van der Waals surface area contributed by atoms with Crippen molar-refractivity contribution in [3.05, 3.63) is 56.6 Å². The van der Waals surface area contributed by atoms with Gasteiger partial charge in [-0.15, -0.1) is 22.7 Å². The molecule has 0 bridgehead atoms. The third-order valence-electron chi connectivity index (χ3n) is 4.95. The summed E-state index contributed by atoms with van der Waals surface area (Å²) >= 11 is 2.25. The van der Waals surface area contributed by atoms with Gasteiger partial charge in [0.25, 0.3) is 12.9 Å². The van der Waals surface area contributed by atoms with Crippen LogP contribution in [0.4, 0.5) is 17.6 Å². The van der Waals surface area contributed by atoms with Crippen molar-refractivity contribution in [3.8, 4) is 21.2 Å². The molecule has 0 aliphatic heterocycles. The number of aromatic nitrogens is 2. The maximum Gasteiger partial charge on any atom is 0.348 e. The summed E-state index contributed by atoms with van der Waals surface area (Å²) in [7, 11) is 0. The zero-order chi connectivity index (χ0) is 28.0. The van der Waals surface area contributed by atoms with Gasteiger partial charge in [0.2, 0.25) is 5.76 Å². The Balaban J connectivity index is 0.000000211. The number of alkyl halides is 4. The van der Waals surface area contributed by atoms with E-state index in [1.54, 1.807) is 38.1 Å². The normalized spacial score (nSPS) is 11.0. The maximum absolute atomic E-state index is 12.6. The Labute approximate surface area is 222 Å². The van der Waals surface area contributed by atoms with E-state index in [0.717, 1.165) is 22.7 Å². The summed E-state index contributed by atoms with van der Waals surface area (Å²) < 4.78 is 69.6. The molecule has 0 radical (unpaired) electrons. The lowest BCUT2D eigenvalue weighted by Gasteiger charge is -1.97. The summed E-state index contributed by atoms with van der Waals surface area (Å²) in [6.45, 7) is 7.01. The predicted octanol–water partition coefficient (Wildman–Crippen LogP) is 7.65. The van der Waals surface area contributed by atoms with Crippen LogP contribution in [0.3, 0.4) is 0 Å². The zero-order valence-corrected chi connectivity index (χ0v) is 22.2. The molecular formula is C24H22F4N2O6S2. The molecule has 0 unspecified atom stereocenters. The number of nitrogens with zero attached hydrogens (tertiary/aromatic N) is 2. The highest BCUT2D eigenvalue weighted by molar-refractivity contribution is 7.17. The Morgan fingerprint density at radius 3 is 1.84 bits per heavy atom. The number of esters is 2. The van der Waals surface area contributed by atoms with Crippen molar-refractivity contribution < 1.29 is 45.7 Å². The smallest absolute Gasteiger partial charge is 0.348 e. The number of halogens is 4. The average molecular weight is 575 g/mol. The van der Waals surface area contributed by atoms with E-state index in [1.807, 2.05) is 0 Å². The molecule has 38 heavy (non-hydrogen) atoms. The second-order valence-electron chi connectivity index (χ2n) is 7.41. The van der Waals surface area contributed by atoms with E-state index in [0.29, 0.717) is 25.2 Å². The third kappa shape index (κ3) is 6.48. The molecular weight excluding hydrogens is 552 g/mol. The Hall–Kier alpha value is -3.52. The van der Waals surface area contributed by atoms with Crippen LogP contribution in [-0.4, -0.2) is 35.5 Å². The predicted molar refractivity (Wildman–Crippen MR) is 131 cm³/mol. The second kappa shape index (κ2) is 12.8. The first-order valence-electron chi connectivity index (χ1n) is 11.1. The van der Waals surface area contributed by atoms with Crippen LogP contribution in [0.5, 0.6) is 0 Å². The quantitative estimate of drug-likeness (QED) is 0.156. The van der Waals surface area contributed by atoms with Crippen LogP contribution in [-0.2, 0) is 9.47 Å². The summed E-state index contributed by atoms with van der Waals surface area (Å²) in [5.41, 5.74) is 0.524. The first kappa shape index (κ1) is 29.0. The van der Waals surface area contributed by atoms with Gasteiger partial charge in [0.1, 0.15) is 15.4 Å². The van der Waals surface area contributed by atoms with E-state index < -0.39 is 30.5 Å². The summed E-state index contributed by atoms with van der Waals surface area (Å²) in [5.74, 6) is -1.06. The molecule has 204 valence electrons. The molecule has 0 aromatic carbocycles. The van der Waals surface area contributed by atoms with Crippen LogP contribution < -0.4 is 0 Å². The third-order valence-corrected chi connectivity index (χ3v) is 7.08. The molecule has 0 aliphatic rings. The van der Waals surface area contributed by atoms with Gasteiger partial charge in [-0.1, -0.05) is 10.3 Å². The number of hydrogen-bond acceptors (Lipinski definition) is 10. The lowest BCUT2D eigenvalue weighted by molar-refractivity contribution is 0.0522. The highest BCUT2D eigenvalue weighted by Crippen LogP contribution is 2.36. The average Bonchev–Trinajstić information content (AvgIpc) is 3.65. The SMILES string of the molecule is CCOC(=O)c1ccc(-c2noc(C(F)F)c2C)s1.CCOC(=O)c1ccc(-c2onc(C(F)F)c2C)s1. The lowest BCUT2D eigenvalue weighted by Crippen LogP contribution is -2.01. The van der Waals surface area contributed by atoms with Crippen LogP contribution in [0.25, 0.3) is 21.2 Å². The lowest BCUT2D eigenvalue weighted by atomic mass is 10.2. The topological polar surface area (TPSA) is 105 Å². The Morgan fingerprint density at radius 2 is 1.37 bits per heavy atom. The van der Waals surface area contributed by atoms with Crippen LogP contribution in [0.2, 0.25) is 0 Å². The van der Waals surface area contributed by atoms with Crippen LogP contribution in [0, 0.1) is 13.8 Å². The van der Waals surface area contributed by atoms with Crippen LogP contribution in [0.15, 0.2) is 33.3 Å². The number of rotatable bonds is 8. The molecule has 0 aliphatic carbocycles. The zero-order valence-electron chi connectivity index (χ0n) is 20.6. The number of ether oxygens (including phenoxy) is 2. The Morgan fingerprint density at radius 1 is 0.816 bits per heavy atom. The van der Waals surface area contributed by atoms with Crippen molar-refractivity contribution in [2.24, 2.45) is 0 Å². The second-order valence-corrected chi connectivity index (χ2v) is 9.58. The molecule has 0 atom stereocenters. The van der Waals surface area contributed by atoms with Gasteiger partial charge < -0.3 is 18.5 Å². The van der Waals surface area contributed by atoms with Crippen molar-refractivity contribution in [2.75, 3.05) is 13.2 Å². The van der Waals surface area contributed by atoms with Crippen molar-refractivity contribution in [1.29, 1.82) is 0 Å². The van der Waals surface area contributed by atoms with Gasteiger partial charge in [0, 0.05) is 11.1 Å². The van der Waals surface area contributed by atoms with Crippen molar-refractivity contribution in [3.63, 3.8) is 0 Å². The van der Waals surface area contributed by atoms with Crippen LogP contribution in [0.1, 0.15) is 68.6 Å². The summed E-state index contributed by atoms with van der Waals surface area (Å²) in [6, 6.07) is 6.41. The van der Waals surface area contributed by atoms with E-state index in [1.165, 1.54) is 13.8 Å². The maximum atomic E-state index is 12.6. The minimum absolute atomic E-state index is 0.260. The Bertz CT molecular complexity index is 1290. The van der Waals surface area contributed by atoms with Gasteiger partial charge in [0.05, 0.1) is 23.0 Å². The van der Waals surface area contributed by atoms with Gasteiger partial charge in [-0.25, -0.2) is 27.2 Å². The Kier molecular flexibility index (Phi) is 9.80. The minimum Gasteiger partial charge on any atom is -0.462 e. The highest BCUT2D eigenvalue weighted by Gasteiger charge is 2.24. The fourth-order valence-corrected chi connectivity index (χ4v) is 4.98. The van der Waals surface area contributed by atoms with E-state index in [-0.39, 0.29) is 35.8 Å². The van der Waals surface area contributed by atoms with E-state index in [2.05, 4.69) is 14.8 Å². The number of hydrogen-bond donors (Lipinski definition) is 0. The minimum atomic E-state index is -2.70. The van der Waals surface area contributed by atoms with Crippen molar-refractivity contribution >= 4 is 34.6 Å². The summed E-state index contributed by atoms with van der Waals surface area (Å²) in [4.78, 5) is 25.0. The number of thiophene rings is 2. The number of carbonyl (C=O) groups excluding carboxylic acids is 2. The van der Waals surface area contributed by atoms with Crippen molar-refractivity contribution in [2.45, 2.75) is 40.5 Å². The van der Waals surface area contributed by atoms with Gasteiger partial charge in [-0.3, -0.25) is 0 Å². The summed E-state index contributed by atoms with van der Waals surface area (Å²) in [5, 5.41) is 6.98. The molecule has 4 heterocycles. The molecule has 14 heteroatoms. The number of carbonyl (C=O) groups is 2. The van der Waals surface area contributed by atoms with Crippen molar-refractivity contribution in [1.82, 2.24) is 10.3 Å². The summed E-state index contributed by atoms with van der Waals surface area (Å²) in [6.07, 6.45) is -5.38.